The number of hydrogen-bond acceptors (Lipinski definition) is 2. The van der Waals surface area contributed by atoms with Gasteiger partial charge in [0, 0.05) is 0 Å². The van der Waals surface area contributed by atoms with Crippen LogP contribution in [-0.4, -0.2) is 11.2 Å². The molecule has 0 aromatic heterocycles. The number of rotatable bonds is 3. The summed E-state index contributed by atoms with van der Waals surface area (Å²) in [5, 5.41) is 0. The molecule has 0 unspecified atom stereocenters. The van der Waals surface area contributed by atoms with Crippen molar-refractivity contribution in [3.8, 4) is 0 Å². The predicted octanol–water partition coefficient (Wildman–Crippen LogP) is 2.74. The van der Waals surface area contributed by atoms with Gasteiger partial charge >= 0.3 is 0 Å². The van der Waals surface area contributed by atoms with Gasteiger partial charge in [-0.3, -0.25) is 0 Å². The van der Waals surface area contributed by atoms with Crippen LogP contribution < -0.4 is 0 Å². The molecule has 0 fully saturated rings. The molecule has 2 heteroatoms. The fraction of sp³-hybridized carbons (Fsp3) is 0.889. The Morgan fingerprint density at radius 3 is 1.73 bits per heavy atom. The second kappa shape index (κ2) is 3.55. The summed E-state index contributed by atoms with van der Waals surface area (Å²) in [4.78, 5) is 10.3. The van der Waals surface area contributed by atoms with E-state index in [1.807, 2.05) is 34.6 Å². The Morgan fingerprint density at radius 1 is 1.00 bits per heavy atom. The van der Waals surface area contributed by atoms with Gasteiger partial charge in [-0.05, 0) is 41.0 Å². The zero-order chi connectivity index (χ0) is 9.12. The lowest BCUT2D eigenvalue weighted by Gasteiger charge is -2.27. The van der Waals surface area contributed by atoms with Crippen LogP contribution in [0, 0.1) is 6.92 Å². The second-order valence-electron chi connectivity index (χ2n) is 4.29. The molecular formula is C9H19O2. The second-order valence-corrected chi connectivity index (χ2v) is 4.29. The SMILES string of the molecule is [CH2]CC(C)(C)OOC(C)(C)C. The molecule has 0 aliphatic rings. The summed E-state index contributed by atoms with van der Waals surface area (Å²) in [5.41, 5.74) is -0.528. The van der Waals surface area contributed by atoms with Crippen LogP contribution in [0.5, 0.6) is 0 Å². The highest BCUT2D eigenvalue weighted by Gasteiger charge is 2.21. The lowest BCUT2D eigenvalue weighted by Crippen LogP contribution is -2.29. The van der Waals surface area contributed by atoms with E-state index in [0.29, 0.717) is 6.42 Å². The maximum absolute atomic E-state index is 5.18. The van der Waals surface area contributed by atoms with Gasteiger partial charge < -0.3 is 0 Å². The first kappa shape index (κ1) is 10.9. The normalized spacial score (nSPS) is 13.6. The lowest BCUT2D eigenvalue weighted by molar-refractivity contribution is -0.396. The molecule has 0 spiro atoms. The summed E-state index contributed by atoms with van der Waals surface area (Å²) in [6.07, 6.45) is 0.698. The van der Waals surface area contributed by atoms with Gasteiger partial charge in [-0.1, -0.05) is 6.92 Å². The minimum absolute atomic E-state index is 0.244. The van der Waals surface area contributed by atoms with Crippen molar-refractivity contribution in [2.45, 2.75) is 52.2 Å². The third kappa shape index (κ3) is 6.32. The van der Waals surface area contributed by atoms with E-state index in [1.165, 1.54) is 0 Å². The van der Waals surface area contributed by atoms with E-state index in [-0.39, 0.29) is 11.2 Å². The molecule has 0 saturated carbocycles. The van der Waals surface area contributed by atoms with Crippen LogP contribution in [0.2, 0.25) is 0 Å². The molecule has 0 amide bonds. The molecule has 67 valence electrons. The van der Waals surface area contributed by atoms with Crippen LogP contribution in [0.4, 0.5) is 0 Å². The first-order valence-corrected chi connectivity index (χ1v) is 3.93. The van der Waals surface area contributed by atoms with Crippen molar-refractivity contribution in [1.29, 1.82) is 0 Å². The summed E-state index contributed by atoms with van der Waals surface area (Å²) in [6, 6.07) is 0. The molecule has 0 rings (SSSR count). The van der Waals surface area contributed by atoms with Gasteiger partial charge in [-0.25, -0.2) is 9.78 Å². The zero-order valence-electron chi connectivity index (χ0n) is 8.23. The highest BCUT2D eigenvalue weighted by molar-refractivity contribution is 4.67. The third-order valence-electron chi connectivity index (χ3n) is 1.12. The lowest BCUT2D eigenvalue weighted by atomic mass is 10.1. The molecule has 0 aromatic carbocycles. The summed E-state index contributed by atoms with van der Waals surface area (Å²) in [7, 11) is 0. The van der Waals surface area contributed by atoms with E-state index in [9.17, 15) is 0 Å². The van der Waals surface area contributed by atoms with E-state index < -0.39 is 0 Å². The Hall–Kier alpha value is -0.0800. The first-order chi connectivity index (χ1) is 4.77. The molecule has 0 aromatic rings. The van der Waals surface area contributed by atoms with Crippen molar-refractivity contribution in [2.24, 2.45) is 0 Å². The van der Waals surface area contributed by atoms with Crippen molar-refractivity contribution in [2.75, 3.05) is 0 Å². The van der Waals surface area contributed by atoms with Crippen LogP contribution in [-0.2, 0) is 9.78 Å². The van der Waals surface area contributed by atoms with Crippen LogP contribution in [0.25, 0.3) is 0 Å². The molecule has 0 N–H and O–H groups in total. The van der Waals surface area contributed by atoms with Crippen LogP contribution >= 0.6 is 0 Å². The van der Waals surface area contributed by atoms with Gasteiger partial charge in [0.15, 0.2) is 0 Å². The van der Waals surface area contributed by atoms with E-state index in [4.69, 9.17) is 9.78 Å². The largest absolute Gasteiger partial charge is 0.230 e. The molecule has 0 bridgehead atoms. The van der Waals surface area contributed by atoms with Gasteiger partial charge in [0.25, 0.3) is 0 Å². The summed E-state index contributed by atoms with van der Waals surface area (Å²) < 4.78 is 0. The van der Waals surface area contributed by atoms with Gasteiger partial charge in [0.2, 0.25) is 0 Å². The molecule has 0 aliphatic heterocycles. The number of hydrogen-bond donors (Lipinski definition) is 0. The van der Waals surface area contributed by atoms with Gasteiger partial charge in [-0.2, -0.15) is 0 Å². The fourth-order valence-electron chi connectivity index (χ4n) is 0.279. The third-order valence-corrected chi connectivity index (χ3v) is 1.12. The van der Waals surface area contributed by atoms with E-state index in [0.717, 1.165) is 0 Å². The minimum atomic E-state index is -0.284. The minimum Gasteiger partial charge on any atom is -0.230 e. The topological polar surface area (TPSA) is 18.5 Å². The standard InChI is InChI=1S/C9H19O2/c1-7-9(5,6)11-10-8(2,3)4/h1,7H2,2-6H3. The Kier molecular flexibility index (Phi) is 3.52. The van der Waals surface area contributed by atoms with E-state index >= 15 is 0 Å². The van der Waals surface area contributed by atoms with Crippen molar-refractivity contribution in [1.82, 2.24) is 0 Å². The molecule has 0 atom stereocenters. The highest BCUT2D eigenvalue weighted by atomic mass is 17.2. The van der Waals surface area contributed by atoms with Crippen molar-refractivity contribution < 1.29 is 9.78 Å². The molecule has 0 saturated heterocycles. The zero-order valence-corrected chi connectivity index (χ0v) is 8.23. The summed E-state index contributed by atoms with van der Waals surface area (Å²) in [5.74, 6) is 0. The molecule has 2 nitrogen and oxygen atoms in total. The Morgan fingerprint density at radius 2 is 1.45 bits per heavy atom. The fourth-order valence-corrected chi connectivity index (χ4v) is 0.279. The monoisotopic (exact) mass is 159 g/mol. The Bertz CT molecular complexity index is 111. The van der Waals surface area contributed by atoms with E-state index in [1.54, 1.807) is 0 Å². The average molecular weight is 159 g/mol. The Labute approximate surface area is 69.8 Å². The van der Waals surface area contributed by atoms with Gasteiger partial charge in [0.05, 0.1) is 11.2 Å². The van der Waals surface area contributed by atoms with Crippen LogP contribution in [0.1, 0.15) is 41.0 Å². The molecular weight excluding hydrogens is 140 g/mol. The average Bonchev–Trinajstić information content (AvgIpc) is 1.83. The highest BCUT2D eigenvalue weighted by Crippen LogP contribution is 2.18. The smallest absolute Gasteiger partial charge is 0.0980 e. The maximum Gasteiger partial charge on any atom is 0.0980 e. The van der Waals surface area contributed by atoms with Crippen molar-refractivity contribution in [3.63, 3.8) is 0 Å². The van der Waals surface area contributed by atoms with E-state index in [2.05, 4.69) is 6.92 Å². The van der Waals surface area contributed by atoms with Crippen molar-refractivity contribution in [3.05, 3.63) is 6.92 Å². The van der Waals surface area contributed by atoms with Crippen molar-refractivity contribution >= 4 is 0 Å². The molecule has 11 heavy (non-hydrogen) atoms. The Balaban J connectivity index is 3.70. The van der Waals surface area contributed by atoms with Gasteiger partial charge in [0.1, 0.15) is 0 Å². The summed E-state index contributed by atoms with van der Waals surface area (Å²) >= 11 is 0. The molecule has 0 heterocycles. The predicted molar refractivity (Wildman–Crippen MR) is 46.0 cm³/mol. The quantitative estimate of drug-likeness (QED) is 0.465. The maximum atomic E-state index is 5.18. The molecule has 0 aliphatic carbocycles. The van der Waals surface area contributed by atoms with Crippen LogP contribution in [0.3, 0.4) is 0 Å². The summed E-state index contributed by atoms with van der Waals surface area (Å²) in [6.45, 7) is 13.5. The first-order valence-electron chi connectivity index (χ1n) is 3.93. The van der Waals surface area contributed by atoms with Crippen LogP contribution in [0.15, 0.2) is 0 Å². The van der Waals surface area contributed by atoms with Gasteiger partial charge in [-0.15, -0.1) is 0 Å². The molecule has 1 radical (unpaired) electrons.